The van der Waals surface area contributed by atoms with Crippen molar-refractivity contribution in [2.45, 2.75) is 90.1 Å². The summed E-state index contributed by atoms with van der Waals surface area (Å²) in [6, 6.07) is 12.2. The van der Waals surface area contributed by atoms with E-state index in [2.05, 4.69) is 0 Å². The highest BCUT2D eigenvalue weighted by atomic mass is 16.8. The van der Waals surface area contributed by atoms with Gasteiger partial charge in [0, 0.05) is 19.1 Å². The predicted molar refractivity (Wildman–Crippen MR) is 176 cm³/mol. The van der Waals surface area contributed by atoms with Crippen LogP contribution < -0.4 is 9.47 Å². The first-order chi connectivity index (χ1) is 22.8. The lowest BCUT2D eigenvalue weighted by atomic mass is 9.98. The quantitative estimate of drug-likeness (QED) is 0.185. The first-order valence-corrected chi connectivity index (χ1v) is 16.3. The normalized spacial score (nSPS) is 29.4. The molecule has 3 aliphatic rings. The largest absolute Gasteiger partial charge is 0.491 e. The van der Waals surface area contributed by atoms with E-state index in [0.717, 1.165) is 0 Å². The van der Waals surface area contributed by atoms with Crippen molar-refractivity contribution in [1.82, 2.24) is 0 Å². The van der Waals surface area contributed by atoms with Crippen LogP contribution in [0.3, 0.4) is 0 Å². The van der Waals surface area contributed by atoms with E-state index < -0.39 is 47.9 Å². The zero-order chi connectivity index (χ0) is 34.5. The summed E-state index contributed by atoms with van der Waals surface area (Å²) in [7, 11) is 1.50. The van der Waals surface area contributed by atoms with Crippen molar-refractivity contribution in [3.05, 3.63) is 77.4 Å². The summed E-state index contributed by atoms with van der Waals surface area (Å²) in [5.74, 6) is -2.22. The van der Waals surface area contributed by atoms with Gasteiger partial charge in [-0.2, -0.15) is 0 Å². The minimum Gasteiger partial charge on any atom is -0.491 e. The van der Waals surface area contributed by atoms with Crippen LogP contribution in [0.4, 0.5) is 0 Å². The smallest absolute Gasteiger partial charge is 0.342 e. The van der Waals surface area contributed by atoms with Crippen molar-refractivity contribution >= 4 is 18.0 Å². The molecule has 0 amide bonds. The second-order valence-corrected chi connectivity index (χ2v) is 13.1. The molecular weight excluding hydrogens is 620 g/mol. The van der Waals surface area contributed by atoms with Gasteiger partial charge in [-0.25, -0.2) is 9.59 Å². The number of ether oxygens (including phenoxy) is 9. The first-order valence-electron chi connectivity index (χ1n) is 16.3. The van der Waals surface area contributed by atoms with Crippen molar-refractivity contribution in [1.29, 1.82) is 0 Å². The molecule has 0 aliphatic carbocycles. The van der Waals surface area contributed by atoms with E-state index in [1.165, 1.54) is 7.11 Å². The molecule has 260 valence electrons. The molecule has 2 saturated heterocycles. The Morgan fingerprint density at radius 1 is 0.958 bits per heavy atom. The number of hydrogen-bond donors (Lipinski definition) is 0. The third-order valence-electron chi connectivity index (χ3n) is 8.25. The molecule has 11 nitrogen and oxygen atoms in total. The van der Waals surface area contributed by atoms with Crippen LogP contribution in [-0.2, 0) is 33.2 Å². The number of carbonyl (C=O) groups excluding carboxylic acids is 2. The molecule has 11 heteroatoms. The molecule has 3 heterocycles. The van der Waals surface area contributed by atoms with E-state index in [0.29, 0.717) is 29.9 Å². The van der Waals surface area contributed by atoms with Gasteiger partial charge in [0.05, 0.1) is 18.3 Å². The fourth-order valence-corrected chi connectivity index (χ4v) is 5.73. The van der Waals surface area contributed by atoms with Crippen molar-refractivity contribution in [3.63, 3.8) is 0 Å². The summed E-state index contributed by atoms with van der Waals surface area (Å²) in [6.07, 6.45) is 5.02. The van der Waals surface area contributed by atoms with Crippen molar-refractivity contribution in [2.24, 2.45) is 5.92 Å². The summed E-state index contributed by atoms with van der Waals surface area (Å²) in [5, 5.41) is 0. The van der Waals surface area contributed by atoms with Crippen molar-refractivity contribution < 1.29 is 52.2 Å². The highest BCUT2D eigenvalue weighted by Crippen LogP contribution is 2.36. The van der Waals surface area contributed by atoms with Gasteiger partial charge in [0.15, 0.2) is 18.4 Å². The van der Waals surface area contributed by atoms with Gasteiger partial charge in [0.1, 0.15) is 48.1 Å². The first kappa shape index (κ1) is 35.6. The molecule has 0 bridgehead atoms. The summed E-state index contributed by atoms with van der Waals surface area (Å²) in [5.41, 5.74) is 1.17. The average molecular weight is 667 g/mol. The maximum absolute atomic E-state index is 13.8. The molecule has 0 saturated carbocycles. The van der Waals surface area contributed by atoms with Crippen LogP contribution in [0.15, 0.2) is 60.7 Å². The minimum atomic E-state index is -0.930. The second-order valence-electron chi connectivity index (χ2n) is 13.1. The Balaban J connectivity index is 1.49. The summed E-state index contributed by atoms with van der Waals surface area (Å²) >= 11 is 0. The zero-order valence-corrected chi connectivity index (χ0v) is 28.6. The predicted octanol–water partition coefficient (Wildman–Crippen LogP) is 6.10. The van der Waals surface area contributed by atoms with Crippen LogP contribution in [0.1, 0.15) is 74.2 Å². The van der Waals surface area contributed by atoms with Gasteiger partial charge < -0.3 is 42.6 Å². The van der Waals surface area contributed by atoms with Gasteiger partial charge in [-0.05, 0) is 70.9 Å². The lowest BCUT2D eigenvalue weighted by Crippen LogP contribution is -2.37. The summed E-state index contributed by atoms with van der Waals surface area (Å²) < 4.78 is 53.4. The van der Waals surface area contributed by atoms with Crippen LogP contribution >= 0.6 is 0 Å². The number of rotatable bonds is 8. The number of carbonyl (C=O) groups is 2. The number of cyclic esters (lactones) is 1. The Morgan fingerprint density at radius 3 is 2.44 bits per heavy atom. The van der Waals surface area contributed by atoms with E-state index in [4.69, 9.17) is 42.6 Å². The van der Waals surface area contributed by atoms with Crippen LogP contribution in [0.25, 0.3) is 6.08 Å². The number of fused-ring (bicyclic) bond motifs is 2. The Bertz CT molecular complexity index is 1480. The molecule has 2 unspecified atom stereocenters. The lowest BCUT2D eigenvalue weighted by molar-refractivity contribution is -0.152. The fourth-order valence-electron chi connectivity index (χ4n) is 5.73. The minimum absolute atomic E-state index is 0.0948. The van der Waals surface area contributed by atoms with Crippen molar-refractivity contribution in [3.8, 4) is 11.5 Å². The molecule has 2 fully saturated rings. The van der Waals surface area contributed by atoms with Gasteiger partial charge in [-0.3, -0.25) is 0 Å². The molecule has 0 spiro atoms. The average Bonchev–Trinajstić information content (AvgIpc) is 3.56. The molecule has 0 aromatic heterocycles. The molecular formula is C37H46O11. The monoisotopic (exact) mass is 666 g/mol. The highest BCUT2D eigenvalue weighted by molar-refractivity contribution is 5.97. The summed E-state index contributed by atoms with van der Waals surface area (Å²) in [6.45, 7) is 11.6. The van der Waals surface area contributed by atoms with E-state index in [-0.39, 0.29) is 36.7 Å². The lowest BCUT2D eigenvalue weighted by Gasteiger charge is -2.26. The number of esters is 2. The van der Waals surface area contributed by atoms with Crippen LogP contribution in [0.5, 0.6) is 11.5 Å². The van der Waals surface area contributed by atoms with Crippen LogP contribution in [0.2, 0.25) is 0 Å². The Morgan fingerprint density at radius 2 is 1.73 bits per heavy atom. The van der Waals surface area contributed by atoms with Gasteiger partial charge in [-0.1, -0.05) is 43.4 Å². The Hall–Kier alpha value is -3.74. The van der Waals surface area contributed by atoms with Gasteiger partial charge in [0.2, 0.25) is 0 Å². The maximum atomic E-state index is 13.8. The van der Waals surface area contributed by atoms with Crippen molar-refractivity contribution in [2.75, 3.05) is 27.1 Å². The third-order valence-corrected chi connectivity index (χ3v) is 8.25. The maximum Gasteiger partial charge on any atom is 0.342 e. The zero-order valence-electron chi connectivity index (χ0n) is 28.6. The van der Waals surface area contributed by atoms with Crippen LogP contribution in [0, 0.1) is 5.92 Å². The highest BCUT2D eigenvalue weighted by Gasteiger charge is 2.45. The topological polar surface area (TPSA) is 117 Å². The summed E-state index contributed by atoms with van der Waals surface area (Å²) in [4.78, 5) is 27.0. The molecule has 48 heavy (non-hydrogen) atoms. The SMILES string of the molecule is COCOc1cc(OCC2COC(C)(C)O2)cc2c1C(=O)O[C@@H](C)[C@H](C)/C=C\C(OC(=O)c1ccccc1)[C@H]1OC(C)(C)O[C@H]1C/C=C/2. The fraction of sp³-hybridized carbons (Fsp3) is 0.514. The van der Waals surface area contributed by atoms with Gasteiger partial charge in [0.25, 0.3) is 0 Å². The molecule has 5 rings (SSSR count). The molecule has 6 atom stereocenters. The van der Waals surface area contributed by atoms with E-state index in [1.807, 2.05) is 52.8 Å². The van der Waals surface area contributed by atoms with E-state index in [9.17, 15) is 9.59 Å². The standard InChI is InChI=1S/C37H46O11/c1-23-16-17-29(45-34(38)25-12-9-8-10-13-25)33-30(47-37(5,6)48-33)15-11-14-26-18-27(41-20-28-21-43-36(3,4)46-28)19-31(42-22-40-7)32(26)35(39)44-24(23)2/h8-14,16-19,23-24,28-30,33H,15,20-22H2,1-7H3/b14-11+,17-16-/t23-,24+,28?,29?,30+,33-/m1/s1. The Labute approximate surface area is 282 Å². The van der Waals surface area contributed by atoms with Crippen LogP contribution in [-0.4, -0.2) is 81.1 Å². The number of hydrogen-bond acceptors (Lipinski definition) is 11. The van der Waals surface area contributed by atoms with E-state index >= 15 is 0 Å². The number of methoxy groups -OCH3 is 1. The second kappa shape index (κ2) is 15.2. The molecule has 3 aliphatic heterocycles. The molecule has 2 aromatic rings. The van der Waals surface area contributed by atoms with Gasteiger partial charge >= 0.3 is 11.9 Å². The van der Waals surface area contributed by atoms with Gasteiger partial charge in [-0.15, -0.1) is 0 Å². The third kappa shape index (κ3) is 9.03. The Kier molecular flexibility index (Phi) is 11.3. The molecule has 0 N–H and O–H groups in total. The molecule has 2 aromatic carbocycles. The van der Waals surface area contributed by atoms with E-state index in [1.54, 1.807) is 55.5 Å². The number of benzene rings is 2. The molecule has 0 radical (unpaired) electrons.